The number of rotatable bonds is 4. The van der Waals surface area contributed by atoms with Gasteiger partial charge in [-0.15, -0.1) is 0 Å². The Hall–Kier alpha value is -3.03. The van der Waals surface area contributed by atoms with Gasteiger partial charge in [-0.25, -0.2) is 9.97 Å². The van der Waals surface area contributed by atoms with E-state index < -0.39 is 0 Å². The quantitative estimate of drug-likeness (QED) is 0.645. The zero-order chi connectivity index (χ0) is 22.8. The van der Waals surface area contributed by atoms with Crippen LogP contribution in [0.15, 0.2) is 54.6 Å². The maximum Gasteiger partial charge on any atom is 0.244 e. The number of aromatic nitrogens is 2. The number of amides is 1. The molecule has 2 aliphatic heterocycles. The fourth-order valence-corrected chi connectivity index (χ4v) is 4.76. The lowest BCUT2D eigenvalue weighted by molar-refractivity contribution is -0.125. The van der Waals surface area contributed by atoms with Crippen molar-refractivity contribution in [3.8, 4) is 0 Å². The number of nitrogens with one attached hydrogen (secondary N) is 2. The maximum atomic E-state index is 13.4. The van der Waals surface area contributed by atoms with E-state index in [1.807, 2.05) is 24.3 Å². The summed E-state index contributed by atoms with van der Waals surface area (Å²) in [6.07, 6.45) is 0.941. The van der Waals surface area contributed by atoms with Gasteiger partial charge in [0.1, 0.15) is 17.7 Å². The minimum Gasteiger partial charge on any atom is -0.358 e. The number of anilines is 1. The first-order chi connectivity index (χ1) is 16.1. The lowest BCUT2D eigenvalue weighted by Gasteiger charge is -2.42. The molecule has 3 heterocycles. The summed E-state index contributed by atoms with van der Waals surface area (Å²) < 4.78 is 0. The highest BCUT2D eigenvalue weighted by atomic mass is 16.2. The molecule has 1 fully saturated rings. The SMILES string of the molecule is CC(C)[C@@H]1Nc2nc(nc3ccccc23)CN2CCN(CCc3ccccc3)CC2NC1=O. The van der Waals surface area contributed by atoms with Crippen molar-refractivity contribution >= 4 is 22.6 Å². The van der Waals surface area contributed by atoms with Crippen LogP contribution in [-0.4, -0.2) is 64.1 Å². The van der Waals surface area contributed by atoms with Gasteiger partial charge in [0.2, 0.25) is 5.91 Å². The fraction of sp³-hybridized carbons (Fsp3) is 0.423. The molecule has 1 amide bonds. The van der Waals surface area contributed by atoms with Crippen molar-refractivity contribution in [2.75, 3.05) is 31.5 Å². The smallest absolute Gasteiger partial charge is 0.244 e. The Balaban J connectivity index is 1.41. The molecule has 0 radical (unpaired) electrons. The van der Waals surface area contributed by atoms with Crippen molar-refractivity contribution in [1.82, 2.24) is 25.1 Å². The molecule has 172 valence electrons. The Morgan fingerprint density at radius 2 is 1.79 bits per heavy atom. The van der Waals surface area contributed by atoms with E-state index in [1.54, 1.807) is 0 Å². The Kier molecular flexibility index (Phi) is 6.24. The Labute approximate surface area is 195 Å². The number of piperazine rings is 1. The van der Waals surface area contributed by atoms with Crippen molar-refractivity contribution in [3.63, 3.8) is 0 Å². The van der Waals surface area contributed by atoms with Crippen LogP contribution in [0.4, 0.5) is 5.82 Å². The number of hydrogen-bond donors (Lipinski definition) is 2. The molecule has 3 aromatic rings. The van der Waals surface area contributed by atoms with Gasteiger partial charge >= 0.3 is 0 Å². The second-order valence-electron chi connectivity index (χ2n) is 9.40. The van der Waals surface area contributed by atoms with Gasteiger partial charge in [0.15, 0.2) is 0 Å². The van der Waals surface area contributed by atoms with E-state index in [1.165, 1.54) is 5.56 Å². The minimum atomic E-state index is -0.365. The number of hydrogen-bond acceptors (Lipinski definition) is 6. The molecule has 33 heavy (non-hydrogen) atoms. The van der Waals surface area contributed by atoms with E-state index >= 15 is 0 Å². The van der Waals surface area contributed by atoms with Crippen LogP contribution in [0.5, 0.6) is 0 Å². The summed E-state index contributed by atoms with van der Waals surface area (Å²) in [5, 5.41) is 7.72. The van der Waals surface area contributed by atoms with Gasteiger partial charge in [0.05, 0.1) is 18.2 Å². The van der Waals surface area contributed by atoms with Gasteiger partial charge in [-0.3, -0.25) is 14.6 Å². The van der Waals surface area contributed by atoms with Crippen LogP contribution >= 0.6 is 0 Å². The van der Waals surface area contributed by atoms with Crippen LogP contribution in [0, 0.1) is 5.92 Å². The molecular formula is C26H32N6O. The van der Waals surface area contributed by atoms with E-state index in [9.17, 15) is 4.79 Å². The number of nitrogens with zero attached hydrogens (tertiary/aromatic N) is 4. The van der Waals surface area contributed by atoms with Crippen molar-refractivity contribution in [3.05, 3.63) is 66.0 Å². The number of benzene rings is 2. The van der Waals surface area contributed by atoms with E-state index in [0.29, 0.717) is 6.54 Å². The first kappa shape index (κ1) is 21.8. The maximum absolute atomic E-state index is 13.4. The summed E-state index contributed by atoms with van der Waals surface area (Å²) in [6, 6.07) is 18.2. The second kappa shape index (κ2) is 9.45. The summed E-state index contributed by atoms with van der Waals surface area (Å²) >= 11 is 0. The van der Waals surface area contributed by atoms with Gasteiger partial charge in [0.25, 0.3) is 0 Å². The Morgan fingerprint density at radius 1 is 1.00 bits per heavy atom. The third-order valence-electron chi connectivity index (χ3n) is 6.68. The number of carbonyl (C=O) groups excluding carboxylic acids is 1. The normalized spacial score (nSPS) is 22.0. The van der Waals surface area contributed by atoms with Crippen LogP contribution in [0.2, 0.25) is 0 Å². The van der Waals surface area contributed by atoms with Gasteiger partial charge in [-0.05, 0) is 30.0 Å². The monoisotopic (exact) mass is 444 g/mol. The van der Waals surface area contributed by atoms with E-state index in [4.69, 9.17) is 9.97 Å². The molecule has 0 saturated carbocycles. The molecule has 2 aliphatic rings. The zero-order valence-electron chi connectivity index (χ0n) is 19.4. The second-order valence-corrected chi connectivity index (χ2v) is 9.40. The molecule has 2 N–H and O–H groups in total. The lowest BCUT2D eigenvalue weighted by atomic mass is 10.0. The van der Waals surface area contributed by atoms with Crippen molar-refractivity contribution in [1.29, 1.82) is 0 Å². The van der Waals surface area contributed by atoms with Gasteiger partial charge in [-0.2, -0.15) is 0 Å². The lowest BCUT2D eigenvalue weighted by Crippen LogP contribution is -2.62. The van der Waals surface area contributed by atoms with E-state index in [-0.39, 0.29) is 24.0 Å². The number of fused-ring (bicyclic) bond motifs is 5. The number of para-hydroxylation sites is 1. The van der Waals surface area contributed by atoms with Crippen molar-refractivity contribution in [2.24, 2.45) is 5.92 Å². The molecule has 5 rings (SSSR count). The zero-order valence-corrected chi connectivity index (χ0v) is 19.4. The predicted molar refractivity (Wildman–Crippen MR) is 131 cm³/mol. The fourth-order valence-electron chi connectivity index (χ4n) is 4.76. The Morgan fingerprint density at radius 3 is 2.61 bits per heavy atom. The van der Waals surface area contributed by atoms with E-state index in [0.717, 1.165) is 55.1 Å². The molecule has 2 aromatic carbocycles. The van der Waals surface area contributed by atoms with Gasteiger partial charge in [0, 0.05) is 31.6 Å². The molecule has 2 bridgehead atoms. The predicted octanol–water partition coefficient (Wildman–Crippen LogP) is 2.88. The molecule has 2 atom stereocenters. The third-order valence-corrected chi connectivity index (χ3v) is 6.68. The van der Waals surface area contributed by atoms with Crippen LogP contribution in [0.1, 0.15) is 25.2 Å². The van der Waals surface area contributed by atoms with Crippen molar-refractivity contribution in [2.45, 2.75) is 39.0 Å². The Bertz CT molecular complexity index is 1120. The van der Waals surface area contributed by atoms with Gasteiger partial charge in [-0.1, -0.05) is 56.3 Å². The molecule has 1 saturated heterocycles. The third kappa shape index (κ3) is 4.84. The summed E-state index contributed by atoms with van der Waals surface area (Å²) in [5.41, 5.74) is 2.25. The van der Waals surface area contributed by atoms with Gasteiger partial charge < -0.3 is 10.6 Å². The summed E-state index contributed by atoms with van der Waals surface area (Å²) in [6.45, 7) is 8.35. The number of carbonyl (C=O) groups is 1. The molecule has 1 unspecified atom stereocenters. The molecule has 1 aromatic heterocycles. The van der Waals surface area contributed by atoms with Crippen molar-refractivity contribution < 1.29 is 4.79 Å². The standard InChI is InChI=1S/C26H32N6O/c1-18(2)24-26(33)29-23-17-31(13-12-19-8-4-3-5-9-19)14-15-32(23)16-22-27-21-11-7-6-10-20(21)25(28-22)30-24/h3-11,18,23-24H,12-17H2,1-2H3,(H,29,33)(H,27,28,30)/t23?,24-/m0/s1. The molecule has 7 heteroatoms. The van der Waals surface area contributed by atoms with Crippen LogP contribution < -0.4 is 10.6 Å². The molecule has 7 nitrogen and oxygen atoms in total. The van der Waals surface area contributed by atoms with Crippen LogP contribution in [0.3, 0.4) is 0 Å². The van der Waals surface area contributed by atoms with Crippen LogP contribution in [0.25, 0.3) is 10.9 Å². The topological polar surface area (TPSA) is 73.4 Å². The average Bonchev–Trinajstić information content (AvgIpc) is 2.82. The first-order valence-electron chi connectivity index (χ1n) is 11.9. The highest BCUT2D eigenvalue weighted by molar-refractivity contribution is 5.92. The van der Waals surface area contributed by atoms with Crippen LogP contribution in [-0.2, 0) is 17.8 Å². The summed E-state index contributed by atoms with van der Waals surface area (Å²) in [7, 11) is 0. The summed E-state index contributed by atoms with van der Waals surface area (Å²) in [5.74, 6) is 1.67. The summed E-state index contributed by atoms with van der Waals surface area (Å²) in [4.78, 5) is 27.8. The highest BCUT2D eigenvalue weighted by Gasteiger charge is 2.33. The molecular weight excluding hydrogens is 412 g/mol. The molecule has 0 spiro atoms. The average molecular weight is 445 g/mol. The van der Waals surface area contributed by atoms with E-state index in [2.05, 4.69) is 64.6 Å². The molecule has 0 aliphatic carbocycles. The highest BCUT2D eigenvalue weighted by Crippen LogP contribution is 2.24. The minimum absolute atomic E-state index is 0.0241. The first-order valence-corrected chi connectivity index (χ1v) is 11.9. The largest absolute Gasteiger partial charge is 0.358 e.